The number of rotatable bonds is 7. The number of carbonyl (C=O) groups excluding carboxylic acids is 2. The molecular weight excluding hydrogens is 332 g/mol. The van der Waals surface area contributed by atoms with E-state index in [9.17, 15) is 9.59 Å². The Kier molecular flexibility index (Phi) is 6.97. The highest BCUT2D eigenvalue weighted by molar-refractivity contribution is 5.95. The Morgan fingerprint density at radius 3 is 2.42 bits per heavy atom. The van der Waals surface area contributed by atoms with Gasteiger partial charge in [0.15, 0.2) is 0 Å². The fourth-order valence-electron chi connectivity index (χ4n) is 2.33. The second kappa shape index (κ2) is 9.42. The van der Waals surface area contributed by atoms with Crippen LogP contribution >= 0.6 is 0 Å². The highest BCUT2D eigenvalue weighted by Crippen LogP contribution is 2.23. The number of methoxy groups -OCH3 is 1. The molecule has 2 aromatic carbocycles. The van der Waals surface area contributed by atoms with Crippen molar-refractivity contribution in [2.24, 2.45) is 0 Å². The van der Waals surface area contributed by atoms with Crippen LogP contribution in [0.1, 0.15) is 35.3 Å². The first-order valence-electron chi connectivity index (χ1n) is 8.29. The van der Waals surface area contributed by atoms with E-state index in [-0.39, 0.29) is 6.61 Å². The van der Waals surface area contributed by atoms with Crippen LogP contribution in [0.4, 0.5) is 0 Å². The largest absolute Gasteiger partial charge is 0.496 e. The summed E-state index contributed by atoms with van der Waals surface area (Å²) in [7, 11) is 1.49. The molecule has 0 saturated carbocycles. The SMILES string of the molecule is CCOC(=O)/C(C)=C/c1ccc(OC)c(C(=O)OCc2ccccc2)c1. The van der Waals surface area contributed by atoms with Crippen LogP contribution in [-0.2, 0) is 20.9 Å². The molecule has 136 valence electrons. The molecular formula is C21H22O5. The van der Waals surface area contributed by atoms with Crippen LogP contribution in [0.3, 0.4) is 0 Å². The average Bonchev–Trinajstić information content (AvgIpc) is 2.67. The van der Waals surface area contributed by atoms with Crippen molar-refractivity contribution in [1.29, 1.82) is 0 Å². The topological polar surface area (TPSA) is 61.8 Å². The molecule has 2 aromatic rings. The fourth-order valence-corrected chi connectivity index (χ4v) is 2.33. The van der Waals surface area contributed by atoms with Crippen molar-refractivity contribution in [2.45, 2.75) is 20.5 Å². The number of esters is 2. The zero-order chi connectivity index (χ0) is 18.9. The zero-order valence-electron chi connectivity index (χ0n) is 15.2. The van der Waals surface area contributed by atoms with Gasteiger partial charge in [-0.1, -0.05) is 36.4 Å². The van der Waals surface area contributed by atoms with Gasteiger partial charge in [0, 0.05) is 5.57 Å². The fraction of sp³-hybridized carbons (Fsp3) is 0.238. The lowest BCUT2D eigenvalue weighted by Gasteiger charge is -2.10. The molecule has 26 heavy (non-hydrogen) atoms. The molecule has 0 amide bonds. The van der Waals surface area contributed by atoms with E-state index in [1.807, 2.05) is 30.3 Å². The van der Waals surface area contributed by atoms with E-state index < -0.39 is 11.9 Å². The van der Waals surface area contributed by atoms with Crippen LogP contribution in [0.2, 0.25) is 0 Å². The molecule has 0 aromatic heterocycles. The third-order valence-electron chi connectivity index (χ3n) is 3.64. The van der Waals surface area contributed by atoms with E-state index in [0.717, 1.165) is 5.56 Å². The second-order valence-corrected chi connectivity index (χ2v) is 5.57. The molecule has 0 radical (unpaired) electrons. The van der Waals surface area contributed by atoms with Crippen molar-refractivity contribution < 1.29 is 23.8 Å². The van der Waals surface area contributed by atoms with Gasteiger partial charge in [0.2, 0.25) is 0 Å². The highest BCUT2D eigenvalue weighted by Gasteiger charge is 2.15. The van der Waals surface area contributed by atoms with Crippen molar-refractivity contribution in [3.63, 3.8) is 0 Å². The zero-order valence-corrected chi connectivity index (χ0v) is 15.2. The predicted octanol–water partition coefficient (Wildman–Crippen LogP) is 4.02. The van der Waals surface area contributed by atoms with Gasteiger partial charge in [0.25, 0.3) is 0 Å². The van der Waals surface area contributed by atoms with Crippen LogP contribution in [0.15, 0.2) is 54.1 Å². The van der Waals surface area contributed by atoms with Gasteiger partial charge in [0.1, 0.15) is 17.9 Å². The monoisotopic (exact) mass is 354 g/mol. The van der Waals surface area contributed by atoms with Gasteiger partial charge in [-0.15, -0.1) is 0 Å². The Labute approximate surface area is 153 Å². The van der Waals surface area contributed by atoms with Crippen molar-refractivity contribution in [3.05, 3.63) is 70.8 Å². The molecule has 5 heteroatoms. The molecule has 0 aliphatic rings. The normalized spacial score (nSPS) is 11.0. The highest BCUT2D eigenvalue weighted by atomic mass is 16.5. The van der Waals surface area contributed by atoms with Crippen LogP contribution in [0.25, 0.3) is 6.08 Å². The summed E-state index contributed by atoms with van der Waals surface area (Å²) in [4.78, 5) is 24.2. The molecule has 0 atom stereocenters. The molecule has 0 spiro atoms. The Hall–Kier alpha value is -3.08. The second-order valence-electron chi connectivity index (χ2n) is 5.57. The number of benzene rings is 2. The first kappa shape index (κ1) is 19.2. The summed E-state index contributed by atoms with van der Waals surface area (Å²) in [5.41, 5.74) is 2.33. The van der Waals surface area contributed by atoms with Crippen molar-refractivity contribution in [3.8, 4) is 5.75 Å². The number of carbonyl (C=O) groups is 2. The molecule has 0 unspecified atom stereocenters. The summed E-state index contributed by atoms with van der Waals surface area (Å²) < 4.78 is 15.6. The van der Waals surface area contributed by atoms with E-state index in [1.54, 1.807) is 38.1 Å². The van der Waals surface area contributed by atoms with Gasteiger partial charge in [0.05, 0.1) is 13.7 Å². The number of hydrogen-bond donors (Lipinski definition) is 0. The maximum absolute atomic E-state index is 12.5. The quantitative estimate of drug-likeness (QED) is 0.555. The van der Waals surface area contributed by atoms with Crippen LogP contribution in [-0.4, -0.2) is 25.7 Å². The molecule has 0 bridgehead atoms. The minimum Gasteiger partial charge on any atom is -0.496 e. The minimum absolute atomic E-state index is 0.171. The number of hydrogen-bond acceptors (Lipinski definition) is 5. The summed E-state index contributed by atoms with van der Waals surface area (Å²) in [6.07, 6.45) is 1.66. The number of ether oxygens (including phenoxy) is 3. The molecule has 2 rings (SSSR count). The van der Waals surface area contributed by atoms with Crippen LogP contribution in [0, 0.1) is 0 Å². The van der Waals surface area contributed by atoms with Gasteiger partial charge in [-0.25, -0.2) is 9.59 Å². The molecule has 0 aliphatic heterocycles. The summed E-state index contributed by atoms with van der Waals surface area (Å²) >= 11 is 0. The molecule has 0 saturated heterocycles. The van der Waals surface area contributed by atoms with Gasteiger partial charge < -0.3 is 14.2 Å². The van der Waals surface area contributed by atoms with Gasteiger partial charge in [-0.3, -0.25) is 0 Å². The smallest absolute Gasteiger partial charge is 0.342 e. The van der Waals surface area contributed by atoms with Crippen LogP contribution < -0.4 is 4.74 Å². The molecule has 0 N–H and O–H groups in total. The van der Waals surface area contributed by atoms with E-state index in [2.05, 4.69) is 0 Å². The lowest BCUT2D eigenvalue weighted by molar-refractivity contribution is -0.138. The standard InChI is InChI=1S/C21H22O5/c1-4-25-20(22)15(2)12-17-10-11-19(24-3)18(13-17)21(23)26-14-16-8-6-5-7-9-16/h5-13H,4,14H2,1-3H3/b15-12+. The van der Waals surface area contributed by atoms with E-state index in [1.165, 1.54) is 7.11 Å². The molecule has 0 fully saturated rings. The lowest BCUT2D eigenvalue weighted by atomic mass is 10.1. The summed E-state index contributed by atoms with van der Waals surface area (Å²) in [5, 5.41) is 0. The maximum atomic E-state index is 12.5. The van der Waals surface area contributed by atoms with Gasteiger partial charge in [-0.05, 0) is 43.2 Å². The summed E-state index contributed by atoms with van der Waals surface area (Å²) in [6, 6.07) is 14.5. The van der Waals surface area contributed by atoms with Crippen molar-refractivity contribution >= 4 is 18.0 Å². The Balaban J connectivity index is 2.19. The molecule has 5 nitrogen and oxygen atoms in total. The van der Waals surface area contributed by atoms with Gasteiger partial charge >= 0.3 is 11.9 Å². The maximum Gasteiger partial charge on any atom is 0.342 e. The van der Waals surface area contributed by atoms with Gasteiger partial charge in [-0.2, -0.15) is 0 Å². The first-order valence-corrected chi connectivity index (χ1v) is 8.29. The van der Waals surface area contributed by atoms with Crippen molar-refractivity contribution in [2.75, 3.05) is 13.7 Å². The Bertz CT molecular complexity index is 793. The molecule has 0 aliphatic carbocycles. The van der Waals surface area contributed by atoms with Crippen molar-refractivity contribution in [1.82, 2.24) is 0 Å². The van der Waals surface area contributed by atoms with E-state index >= 15 is 0 Å². The Morgan fingerprint density at radius 2 is 1.77 bits per heavy atom. The van der Waals surface area contributed by atoms with Crippen LogP contribution in [0.5, 0.6) is 5.75 Å². The Morgan fingerprint density at radius 1 is 1.04 bits per heavy atom. The summed E-state index contributed by atoms with van der Waals surface area (Å²) in [5.74, 6) is -0.472. The predicted molar refractivity (Wildman–Crippen MR) is 98.8 cm³/mol. The third kappa shape index (κ3) is 5.21. The summed E-state index contributed by atoms with van der Waals surface area (Å²) in [6.45, 7) is 3.89. The molecule has 0 heterocycles. The first-order chi connectivity index (χ1) is 12.5. The average molecular weight is 354 g/mol. The van der Waals surface area contributed by atoms with E-state index in [0.29, 0.717) is 29.1 Å². The lowest BCUT2D eigenvalue weighted by Crippen LogP contribution is -2.08. The third-order valence-corrected chi connectivity index (χ3v) is 3.64. The van der Waals surface area contributed by atoms with E-state index in [4.69, 9.17) is 14.2 Å². The minimum atomic E-state index is -0.491.